The Bertz CT molecular complexity index is 1830. The molecule has 10 nitrogen and oxygen atoms in total. The molecule has 4 bridgehead atoms. The van der Waals surface area contributed by atoms with Gasteiger partial charge in [-0.3, -0.25) is 4.79 Å². The number of carbonyl (C=O) groups excluding carboxylic acids is 1. The number of aryl methyl sites for hydroxylation is 2. The first-order valence-electron chi connectivity index (χ1n) is 15.3. The maximum atomic E-state index is 14.4. The molecule has 46 heavy (non-hydrogen) atoms. The van der Waals surface area contributed by atoms with Crippen molar-refractivity contribution in [2.45, 2.75) is 78.5 Å². The molecule has 0 saturated heterocycles. The van der Waals surface area contributed by atoms with Crippen LogP contribution in [0.15, 0.2) is 71.6 Å². The van der Waals surface area contributed by atoms with Gasteiger partial charge >= 0.3 is 0 Å². The van der Waals surface area contributed by atoms with E-state index in [9.17, 15) is 13.2 Å². The van der Waals surface area contributed by atoms with Crippen molar-refractivity contribution in [3.05, 3.63) is 89.1 Å². The third-order valence-electron chi connectivity index (χ3n) is 7.50. The summed E-state index contributed by atoms with van der Waals surface area (Å²) in [5.74, 6) is 0.177. The van der Waals surface area contributed by atoms with Crippen LogP contribution in [0.1, 0.15) is 68.2 Å². The predicted molar refractivity (Wildman–Crippen MR) is 177 cm³/mol. The Kier molecular flexibility index (Phi) is 9.34. The smallest absolute Gasteiger partial charge is 0.264 e. The van der Waals surface area contributed by atoms with Crippen LogP contribution in [0.5, 0.6) is 11.8 Å². The third-order valence-corrected chi connectivity index (χ3v) is 8.83. The summed E-state index contributed by atoms with van der Waals surface area (Å²) in [7, 11) is -4.17. The molecule has 1 atom stereocenters. The molecule has 2 aromatic carbocycles. The molecule has 0 saturated carbocycles. The Morgan fingerprint density at radius 3 is 2.37 bits per heavy atom. The normalized spacial score (nSPS) is 16.5. The average Bonchev–Trinajstić information content (AvgIpc) is 2.96. The maximum absolute atomic E-state index is 14.4. The number of hydrogen-bond acceptors (Lipinski definition) is 8. The van der Waals surface area contributed by atoms with E-state index in [1.54, 1.807) is 29.2 Å². The van der Waals surface area contributed by atoms with E-state index < -0.39 is 16.1 Å². The van der Waals surface area contributed by atoms with E-state index in [0.717, 1.165) is 16.7 Å². The zero-order valence-electron chi connectivity index (χ0n) is 27.4. The highest BCUT2D eigenvalue weighted by molar-refractivity contribution is 7.92. The van der Waals surface area contributed by atoms with Gasteiger partial charge in [-0.25, -0.2) is 23.1 Å². The lowest BCUT2D eigenvalue weighted by Crippen LogP contribution is -2.45. The highest BCUT2D eigenvalue weighted by Gasteiger charge is 2.32. The van der Waals surface area contributed by atoms with E-state index in [4.69, 9.17) is 9.47 Å². The molecule has 1 amide bonds. The molecule has 0 fully saturated rings. The molecule has 5 rings (SSSR count). The summed E-state index contributed by atoms with van der Waals surface area (Å²) in [5, 5.41) is 0. The van der Waals surface area contributed by atoms with Gasteiger partial charge in [0.25, 0.3) is 15.9 Å². The second kappa shape index (κ2) is 13.1. The van der Waals surface area contributed by atoms with Crippen LogP contribution in [0.3, 0.4) is 0 Å². The molecular weight excluding hydrogens is 602 g/mol. The molecular formula is C35H41N5O5S. The first-order chi connectivity index (χ1) is 21.7. The zero-order chi connectivity index (χ0) is 33.2. The van der Waals surface area contributed by atoms with Gasteiger partial charge in [0.15, 0.2) is 0 Å². The Morgan fingerprint density at radius 2 is 1.67 bits per heavy atom. The minimum Gasteiger partial charge on any atom is -0.475 e. The number of nitrogens with zero attached hydrogens (tertiary/aromatic N) is 4. The molecule has 1 aliphatic rings. The van der Waals surface area contributed by atoms with E-state index in [2.05, 4.69) is 40.4 Å². The summed E-state index contributed by atoms with van der Waals surface area (Å²) in [5.41, 5.74) is 3.99. The largest absolute Gasteiger partial charge is 0.475 e. The van der Waals surface area contributed by atoms with Crippen molar-refractivity contribution in [3.63, 3.8) is 0 Å². The number of anilines is 1. The number of nitrogens with one attached hydrogen (secondary N) is 1. The minimum atomic E-state index is -4.17. The average molecular weight is 644 g/mol. The number of amides is 1. The van der Waals surface area contributed by atoms with Crippen molar-refractivity contribution in [2.75, 3.05) is 11.3 Å². The lowest BCUT2D eigenvalue weighted by Gasteiger charge is -2.35. The number of pyridine rings is 1. The number of rotatable bonds is 6. The molecule has 242 valence electrons. The Labute approximate surface area is 271 Å². The fourth-order valence-electron chi connectivity index (χ4n) is 5.57. The number of benzene rings is 2. The SMILES string of the molecule is Cc1cccc(C)c1-c1cc2nc(n1)NS(=O)(=O)c1cccc(c1)C(=O)N(Cc1cccc(OC(C)C)n1)[C@H](CC(C)(C)C)CO2. The zero-order valence-corrected chi connectivity index (χ0v) is 28.2. The van der Waals surface area contributed by atoms with E-state index in [0.29, 0.717) is 23.7 Å². The first kappa shape index (κ1) is 32.9. The van der Waals surface area contributed by atoms with Crippen LogP contribution < -0.4 is 14.2 Å². The van der Waals surface area contributed by atoms with E-state index in [1.165, 1.54) is 12.1 Å². The molecule has 11 heteroatoms. The van der Waals surface area contributed by atoms with Gasteiger partial charge in [0.2, 0.25) is 17.7 Å². The number of aromatic nitrogens is 3. The van der Waals surface area contributed by atoms with Crippen LogP contribution in [0.4, 0.5) is 5.95 Å². The van der Waals surface area contributed by atoms with Gasteiger partial charge in [-0.1, -0.05) is 51.1 Å². The maximum Gasteiger partial charge on any atom is 0.264 e. The fraction of sp³-hybridized carbons (Fsp3) is 0.371. The molecule has 0 radical (unpaired) electrons. The number of carbonyl (C=O) groups is 1. The van der Waals surface area contributed by atoms with Crippen molar-refractivity contribution in [1.29, 1.82) is 0 Å². The summed E-state index contributed by atoms with van der Waals surface area (Å²) in [6.07, 6.45) is 0.514. The standard InChI is InChI=1S/C35H41N5O5S/c1-22(2)45-30-16-10-14-26(36-30)20-40-27(19-35(5,6)7)21-44-31-18-29(32-23(3)11-8-12-24(32)4)37-34(38-31)39-46(42,43)28-15-9-13-25(17-28)33(40)41/h8-18,22,27H,19-21H2,1-7H3,(H,37,38,39)/t27-/m1/s1. The van der Waals surface area contributed by atoms with Crippen molar-refractivity contribution in [1.82, 2.24) is 19.9 Å². The molecule has 4 aromatic rings. The van der Waals surface area contributed by atoms with Crippen LogP contribution >= 0.6 is 0 Å². The van der Waals surface area contributed by atoms with Gasteiger partial charge in [-0.15, -0.1) is 0 Å². The van der Waals surface area contributed by atoms with Crippen LogP contribution in [0.2, 0.25) is 0 Å². The van der Waals surface area contributed by atoms with Crippen molar-refractivity contribution in [2.24, 2.45) is 5.41 Å². The number of ether oxygens (including phenoxy) is 2. The summed E-state index contributed by atoms with van der Waals surface area (Å²) in [6, 6.07) is 18.6. The van der Waals surface area contributed by atoms with E-state index in [-0.39, 0.29) is 52.9 Å². The predicted octanol–water partition coefficient (Wildman–Crippen LogP) is 6.58. The molecule has 0 spiro atoms. The Morgan fingerprint density at radius 1 is 0.978 bits per heavy atom. The van der Waals surface area contributed by atoms with Crippen molar-refractivity contribution < 1.29 is 22.7 Å². The van der Waals surface area contributed by atoms with E-state index >= 15 is 0 Å². The topological polar surface area (TPSA) is 124 Å². The summed E-state index contributed by atoms with van der Waals surface area (Å²) >= 11 is 0. The van der Waals surface area contributed by atoms with Crippen LogP contribution in [0, 0.1) is 19.3 Å². The summed E-state index contributed by atoms with van der Waals surface area (Å²) in [6.45, 7) is 14.3. The van der Waals surface area contributed by atoms with Crippen molar-refractivity contribution in [3.8, 4) is 23.0 Å². The number of fused-ring (bicyclic) bond motifs is 4. The fourth-order valence-corrected chi connectivity index (χ4v) is 6.56. The van der Waals surface area contributed by atoms with Gasteiger partial charge in [-0.2, -0.15) is 4.98 Å². The molecule has 1 aliphatic heterocycles. The van der Waals surface area contributed by atoms with Crippen molar-refractivity contribution >= 4 is 21.9 Å². The monoisotopic (exact) mass is 643 g/mol. The number of sulfonamides is 1. The van der Waals surface area contributed by atoms with E-state index in [1.807, 2.05) is 58.0 Å². The molecule has 1 N–H and O–H groups in total. The third kappa shape index (κ3) is 7.82. The Hall–Kier alpha value is -4.51. The molecule has 2 aromatic heterocycles. The van der Waals surface area contributed by atoms with Crippen LogP contribution in [-0.4, -0.2) is 52.9 Å². The first-order valence-corrected chi connectivity index (χ1v) is 16.8. The quantitative estimate of drug-likeness (QED) is 0.250. The minimum absolute atomic E-state index is 0.0681. The van der Waals surface area contributed by atoms with Crippen LogP contribution in [0.25, 0.3) is 11.3 Å². The molecule has 0 unspecified atom stereocenters. The summed E-state index contributed by atoms with van der Waals surface area (Å²) < 4.78 is 42.0. The van der Waals surface area contributed by atoms with Crippen LogP contribution in [-0.2, 0) is 16.6 Å². The van der Waals surface area contributed by atoms with Gasteiger partial charge in [0.05, 0.1) is 35.0 Å². The van der Waals surface area contributed by atoms with Gasteiger partial charge < -0.3 is 14.4 Å². The van der Waals surface area contributed by atoms with Gasteiger partial charge in [0, 0.05) is 23.3 Å². The lowest BCUT2D eigenvalue weighted by atomic mass is 9.87. The second-order valence-electron chi connectivity index (χ2n) is 13.1. The highest BCUT2D eigenvalue weighted by atomic mass is 32.2. The summed E-state index contributed by atoms with van der Waals surface area (Å²) in [4.78, 5) is 29.7. The molecule has 3 heterocycles. The second-order valence-corrected chi connectivity index (χ2v) is 14.8. The molecule has 0 aliphatic carbocycles. The Balaban J connectivity index is 1.66. The highest BCUT2D eigenvalue weighted by Crippen LogP contribution is 2.32. The van der Waals surface area contributed by atoms with Gasteiger partial charge in [-0.05, 0) is 74.9 Å². The lowest BCUT2D eigenvalue weighted by molar-refractivity contribution is 0.0508. The number of hydrogen-bond donors (Lipinski definition) is 1. The van der Waals surface area contributed by atoms with Gasteiger partial charge in [0.1, 0.15) is 6.61 Å².